The summed E-state index contributed by atoms with van der Waals surface area (Å²) in [6.07, 6.45) is 0. The standard InChI is InChI=1S/C23H21ClN4OS/c1-29-19-10-6-5-9-18(19)27-11-13-28(14-12-27)21-17-15-20(16-7-3-2-4-8-16)30-22(17)26-23(24)25-21/h2-10,15H,11-14H2,1H3. The quantitative estimate of drug-likeness (QED) is 0.403. The van der Waals surface area contributed by atoms with E-state index in [4.69, 9.17) is 16.3 Å². The summed E-state index contributed by atoms with van der Waals surface area (Å²) in [7, 11) is 1.72. The van der Waals surface area contributed by atoms with E-state index in [1.54, 1.807) is 18.4 Å². The van der Waals surface area contributed by atoms with E-state index in [-0.39, 0.29) is 0 Å². The van der Waals surface area contributed by atoms with Gasteiger partial charge in [-0.15, -0.1) is 11.3 Å². The number of ether oxygens (including phenoxy) is 1. The number of halogens is 1. The molecule has 30 heavy (non-hydrogen) atoms. The summed E-state index contributed by atoms with van der Waals surface area (Å²) in [6.45, 7) is 3.49. The third kappa shape index (κ3) is 3.57. The fourth-order valence-electron chi connectivity index (χ4n) is 3.92. The molecule has 3 heterocycles. The summed E-state index contributed by atoms with van der Waals surface area (Å²) in [4.78, 5) is 15.9. The van der Waals surface area contributed by atoms with Gasteiger partial charge in [0.05, 0.1) is 18.2 Å². The number of piperazine rings is 1. The molecule has 1 aliphatic rings. The van der Waals surface area contributed by atoms with Gasteiger partial charge in [-0.05, 0) is 35.4 Å². The smallest absolute Gasteiger partial charge is 0.225 e. The third-order valence-corrected chi connectivity index (χ3v) is 6.66. The van der Waals surface area contributed by atoms with E-state index in [1.807, 2.05) is 18.2 Å². The van der Waals surface area contributed by atoms with Crippen LogP contribution in [0.3, 0.4) is 0 Å². The molecule has 0 bridgehead atoms. The molecular weight excluding hydrogens is 416 g/mol. The van der Waals surface area contributed by atoms with Crippen molar-refractivity contribution in [3.8, 4) is 16.2 Å². The Morgan fingerprint density at radius 3 is 2.37 bits per heavy atom. The van der Waals surface area contributed by atoms with Crippen molar-refractivity contribution in [2.24, 2.45) is 0 Å². The van der Waals surface area contributed by atoms with E-state index in [9.17, 15) is 0 Å². The third-order valence-electron chi connectivity index (χ3n) is 5.41. The number of thiophene rings is 1. The molecule has 152 valence electrons. The fraction of sp³-hybridized carbons (Fsp3) is 0.217. The Bertz CT molecular complexity index is 1170. The maximum absolute atomic E-state index is 6.29. The number of hydrogen-bond acceptors (Lipinski definition) is 6. The van der Waals surface area contributed by atoms with Gasteiger partial charge in [0.15, 0.2) is 0 Å². The van der Waals surface area contributed by atoms with Crippen LogP contribution in [0.25, 0.3) is 20.7 Å². The predicted molar refractivity (Wildman–Crippen MR) is 125 cm³/mol. The van der Waals surface area contributed by atoms with E-state index in [1.165, 1.54) is 10.4 Å². The van der Waals surface area contributed by atoms with E-state index < -0.39 is 0 Å². The maximum atomic E-state index is 6.29. The van der Waals surface area contributed by atoms with Crippen LogP contribution in [0, 0.1) is 0 Å². The predicted octanol–water partition coefficient (Wildman–Crippen LogP) is 5.35. The Balaban J connectivity index is 1.43. The molecule has 0 unspecified atom stereocenters. The maximum Gasteiger partial charge on any atom is 0.225 e. The second kappa shape index (κ2) is 8.13. The molecule has 0 aliphatic carbocycles. The topological polar surface area (TPSA) is 41.5 Å². The summed E-state index contributed by atoms with van der Waals surface area (Å²) in [6, 6.07) is 20.7. The molecule has 0 N–H and O–H groups in total. The van der Waals surface area contributed by atoms with E-state index in [0.29, 0.717) is 5.28 Å². The molecule has 1 aliphatic heterocycles. The minimum absolute atomic E-state index is 0.297. The number of aromatic nitrogens is 2. The Morgan fingerprint density at radius 2 is 1.60 bits per heavy atom. The number of fused-ring (bicyclic) bond motifs is 1. The molecule has 2 aromatic carbocycles. The van der Waals surface area contributed by atoms with Crippen molar-refractivity contribution in [1.82, 2.24) is 9.97 Å². The SMILES string of the molecule is COc1ccccc1N1CCN(c2nc(Cl)nc3sc(-c4ccccc4)cc23)CC1. The monoisotopic (exact) mass is 436 g/mol. The van der Waals surface area contributed by atoms with E-state index in [0.717, 1.165) is 53.7 Å². The van der Waals surface area contributed by atoms with Crippen molar-refractivity contribution >= 4 is 44.7 Å². The van der Waals surface area contributed by atoms with Gasteiger partial charge in [0.1, 0.15) is 16.4 Å². The summed E-state index contributed by atoms with van der Waals surface area (Å²) in [5.74, 6) is 1.83. The first kappa shape index (κ1) is 19.2. The summed E-state index contributed by atoms with van der Waals surface area (Å²) in [5.41, 5.74) is 2.32. The Morgan fingerprint density at radius 1 is 0.900 bits per heavy atom. The van der Waals surface area contributed by atoms with Gasteiger partial charge < -0.3 is 14.5 Å². The first-order valence-corrected chi connectivity index (χ1v) is 11.1. The molecule has 5 nitrogen and oxygen atoms in total. The molecule has 0 atom stereocenters. The van der Waals surface area contributed by atoms with Gasteiger partial charge in [-0.2, -0.15) is 4.98 Å². The summed E-state index contributed by atoms with van der Waals surface area (Å²) in [5, 5.41) is 1.36. The molecule has 1 saturated heterocycles. The van der Waals surface area contributed by atoms with Gasteiger partial charge >= 0.3 is 0 Å². The average molecular weight is 437 g/mol. The van der Waals surface area contributed by atoms with Crippen molar-refractivity contribution in [2.75, 3.05) is 43.1 Å². The lowest BCUT2D eigenvalue weighted by atomic mass is 10.2. The van der Waals surface area contributed by atoms with Gasteiger partial charge in [-0.25, -0.2) is 4.98 Å². The first-order chi connectivity index (χ1) is 14.7. The number of benzene rings is 2. The fourth-order valence-corrected chi connectivity index (χ4v) is 5.16. The number of rotatable bonds is 4. The van der Waals surface area contributed by atoms with Crippen LogP contribution in [0.2, 0.25) is 5.28 Å². The summed E-state index contributed by atoms with van der Waals surface area (Å²) < 4.78 is 5.54. The minimum atomic E-state index is 0.297. The average Bonchev–Trinajstić information content (AvgIpc) is 3.23. The highest BCUT2D eigenvalue weighted by Gasteiger charge is 2.23. The van der Waals surface area contributed by atoms with Crippen molar-refractivity contribution in [1.29, 1.82) is 0 Å². The normalized spacial score (nSPS) is 14.3. The highest BCUT2D eigenvalue weighted by atomic mass is 35.5. The molecular formula is C23H21ClN4OS. The zero-order chi connectivity index (χ0) is 20.5. The number of hydrogen-bond donors (Lipinski definition) is 0. The van der Waals surface area contributed by atoms with Gasteiger partial charge in [-0.3, -0.25) is 0 Å². The van der Waals surface area contributed by atoms with E-state index >= 15 is 0 Å². The van der Waals surface area contributed by atoms with Gasteiger partial charge in [0.2, 0.25) is 5.28 Å². The lowest BCUT2D eigenvalue weighted by Crippen LogP contribution is -2.47. The Hall–Kier alpha value is -2.83. The highest BCUT2D eigenvalue weighted by molar-refractivity contribution is 7.22. The van der Waals surface area contributed by atoms with Crippen LogP contribution in [-0.4, -0.2) is 43.3 Å². The van der Waals surface area contributed by atoms with Crippen LogP contribution in [0.4, 0.5) is 11.5 Å². The van der Waals surface area contributed by atoms with Crippen LogP contribution in [0.5, 0.6) is 5.75 Å². The van der Waals surface area contributed by atoms with Gasteiger partial charge in [-0.1, -0.05) is 42.5 Å². The zero-order valence-corrected chi connectivity index (χ0v) is 18.2. The molecule has 2 aromatic heterocycles. The van der Waals surface area contributed by atoms with E-state index in [2.05, 4.69) is 62.2 Å². The lowest BCUT2D eigenvalue weighted by molar-refractivity contribution is 0.413. The van der Waals surface area contributed by atoms with Crippen LogP contribution in [0.1, 0.15) is 0 Å². The van der Waals surface area contributed by atoms with Crippen molar-refractivity contribution < 1.29 is 4.74 Å². The van der Waals surface area contributed by atoms with Crippen LogP contribution >= 0.6 is 22.9 Å². The van der Waals surface area contributed by atoms with Crippen molar-refractivity contribution in [2.45, 2.75) is 0 Å². The van der Waals surface area contributed by atoms with Crippen LogP contribution in [0.15, 0.2) is 60.7 Å². The second-order valence-electron chi connectivity index (χ2n) is 7.16. The van der Waals surface area contributed by atoms with Crippen molar-refractivity contribution in [3.05, 3.63) is 65.9 Å². The molecule has 1 fully saturated rings. The number of methoxy groups -OCH3 is 1. The molecule has 0 amide bonds. The number of nitrogens with zero attached hydrogens (tertiary/aromatic N) is 4. The molecule has 4 aromatic rings. The summed E-state index contributed by atoms with van der Waals surface area (Å²) >= 11 is 7.95. The largest absolute Gasteiger partial charge is 0.495 e. The van der Waals surface area contributed by atoms with Crippen molar-refractivity contribution in [3.63, 3.8) is 0 Å². The second-order valence-corrected chi connectivity index (χ2v) is 8.53. The minimum Gasteiger partial charge on any atom is -0.495 e. The molecule has 0 spiro atoms. The Kier molecular flexibility index (Phi) is 5.19. The number of para-hydroxylation sites is 2. The molecule has 0 saturated carbocycles. The lowest BCUT2D eigenvalue weighted by Gasteiger charge is -2.37. The van der Waals surface area contributed by atoms with Gasteiger partial charge in [0.25, 0.3) is 0 Å². The zero-order valence-electron chi connectivity index (χ0n) is 16.6. The van der Waals surface area contributed by atoms with Crippen LogP contribution in [-0.2, 0) is 0 Å². The molecule has 7 heteroatoms. The molecule has 5 rings (SSSR count). The Labute approximate surface area is 184 Å². The first-order valence-electron chi connectivity index (χ1n) is 9.88. The molecule has 0 radical (unpaired) electrons. The van der Waals surface area contributed by atoms with Crippen LogP contribution < -0.4 is 14.5 Å². The van der Waals surface area contributed by atoms with Gasteiger partial charge in [0, 0.05) is 31.1 Å². The highest BCUT2D eigenvalue weighted by Crippen LogP contribution is 2.38. The number of anilines is 2.